The molecule has 1 unspecified atom stereocenters. The van der Waals surface area contributed by atoms with Gasteiger partial charge in [0.25, 0.3) is 0 Å². The van der Waals surface area contributed by atoms with Crippen LogP contribution >= 0.6 is 22.9 Å². The van der Waals surface area contributed by atoms with E-state index in [-0.39, 0.29) is 23.5 Å². The summed E-state index contributed by atoms with van der Waals surface area (Å²) in [5, 5.41) is 21.2. The van der Waals surface area contributed by atoms with E-state index in [0.29, 0.717) is 17.3 Å². The van der Waals surface area contributed by atoms with Crippen molar-refractivity contribution in [3.63, 3.8) is 0 Å². The Morgan fingerprint density at radius 2 is 2.05 bits per heavy atom. The van der Waals surface area contributed by atoms with Gasteiger partial charge in [0.1, 0.15) is 4.21 Å². The Labute approximate surface area is 127 Å². The molecule has 0 radical (unpaired) electrons. The molecule has 0 aromatic carbocycles. The lowest BCUT2D eigenvalue weighted by atomic mass is 10.1. The molecule has 9 heteroatoms. The summed E-state index contributed by atoms with van der Waals surface area (Å²) in [4.78, 5) is 0. The molecule has 0 aliphatic heterocycles. The number of sulfonamides is 1. The van der Waals surface area contributed by atoms with Gasteiger partial charge in [0.2, 0.25) is 10.0 Å². The van der Waals surface area contributed by atoms with Gasteiger partial charge in [0.15, 0.2) is 0 Å². The lowest BCUT2D eigenvalue weighted by Crippen LogP contribution is -2.52. The third kappa shape index (κ3) is 4.96. The third-order valence-electron chi connectivity index (χ3n) is 2.76. The van der Waals surface area contributed by atoms with Crippen LogP contribution in [0.2, 0.25) is 4.34 Å². The van der Waals surface area contributed by atoms with Crippen LogP contribution in [-0.4, -0.2) is 50.5 Å². The number of nitrogens with one attached hydrogen (secondary N) is 2. The molecule has 4 N–H and O–H groups in total. The van der Waals surface area contributed by atoms with Crippen LogP contribution in [0.3, 0.4) is 0 Å². The zero-order valence-corrected chi connectivity index (χ0v) is 13.4. The molecule has 0 spiro atoms. The lowest BCUT2D eigenvalue weighted by molar-refractivity contribution is 0.213. The Morgan fingerprint density at radius 1 is 1.35 bits per heavy atom. The maximum absolute atomic E-state index is 12.2. The Hall–Kier alpha value is -0.220. The molecule has 1 aromatic heterocycles. The number of hydrogen-bond acceptors (Lipinski definition) is 6. The quantitative estimate of drug-likeness (QED) is 0.521. The maximum atomic E-state index is 12.2. The van der Waals surface area contributed by atoms with E-state index in [1.807, 2.05) is 6.92 Å². The molecule has 0 aliphatic carbocycles. The minimum atomic E-state index is -3.71. The van der Waals surface area contributed by atoms with Crippen molar-refractivity contribution in [3.05, 3.63) is 16.5 Å². The van der Waals surface area contributed by atoms with Crippen molar-refractivity contribution in [1.29, 1.82) is 0 Å². The topological polar surface area (TPSA) is 98.7 Å². The molecular weight excluding hydrogens is 324 g/mol. The predicted octanol–water partition coefficient (Wildman–Crippen LogP) is 0.401. The van der Waals surface area contributed by atoms with E-state index in [4.69, 9.17) is 16.7 Å². The highest BCUT2D eigenvalue weighted by atomic mass is 35.5. The second-order valence-electron chi connectivity index (χ2n) is 4.16. The lowest BCUT2D eigenvalue weighted by Gasteiger charge is -2.26. The second-order valence-corrected chi connectivity index (χ2v) is 7.82. The van der Waals surface area contributed by atoms with E-state index in [9.17, 15) is 13.5 Å². The summed E-state index contributed by atoms with van der Waals surface area (Å²) in [6.07, 6.45) is 0.610. The van der Waals surface area contributed by atoms with Crippen LogP contribution < -0.4 is 10.0 Å². The van der Waals surface area contributed by atoms with E-state index in [0.717, 1.165) is 11.3 Å². The van der Waals surface area contributed by atoms with Crippen molar-refractivity contribution in [1.82, 2.24) is 10.0 Å². The maximum Gasteiger partial charge on any atom is 0.250 e. The fraction of sp³-hybridized carbons (Fsp3) is 0.636. The first-order valence-corrected chi connectivity index (χ1v) is 8.85. The van der Waals surface area contributed by atoms with Gasteiger partial charge in [-0.15, -0.1) is 11.3 Å². The van der Waals surface area contributed by atoms with Gasteiger partial charge in [0.05, 0.1) is 23.6 Å². The molecule has 0 saturated heterocycles. The van der Waals surface area contributed by atoms with Crippen molar-refractivity contribution in [2.24, 2.45) is 0 Å². The van der Waals surface area contributed by atoms with E-state index < -0.39 is 16.1 Å². The zero-order valence-electron chi connectivity index (χ0n) is 11.0. The summed E-state index contributed by atoms with van der Waals surface area (Å²) in [5.41, 5.74) is 0. The molecule has 0 saturated carbocycles. The van der Waals surface area contributed by atoms with E-state index in [1.165, 1.54) is 12.1 Å². The molecule has 20 heavy (non-hydrogen) atoms. The van der Waals surface area contributed by atoms with Gasteiger partial charge < -0.3 is 15.5 Å². The fourth-order valence-electron chi connectivity index (χ4n) is 1.77. The van der Waals surface area contributed by atoms with Crippen LogP contribution in [0, 0.1) is 0 Å². The normalized spacial score (nSPS) is 15.2. The molecule has 1 aromatic rings. The number of rotatable bonds is 9. The molecule has 1 heterocycles. The van der Waals surface area contributed by atoms with E-state index in [1.54, 1.807) is 0 Å². The van der Waals surface area contributed by atoms with Gasteiger partial charge >= 0.3 is 0 Å². The summed E-state index contributed by atoms with van der Waals surface area (Å²) in [5.74, 6) is 0. The molecular formula is C11H19ClN2O4S2. The molecule has 0 bridgehead atoms. The van der Waals surface area contributed by atoms with Crippen LogP contribution in [0.25, 0.3) is 0 Å². The van der Waals surface area contributed by atoms with Gasteiger partial charge in [-0.2, -0.15) is 0 Å². The summed E-state index contributed by atoms with van der Waals surface area (Å²) >= 11 is 6.69. The number of aliphatic hydroxyl groups excluding tert-OH is 2. The average molecular weight is 343 g/mol. The van der Waals surface area contributed by atoms with Crippen molar-refractivity contribution in [2.45, 2.75) is 29.6 Å². The number of thiophene rings is 1. The largest absolute Gasteiger partial charge is 0.395 e. The first-order valence-electron chi connectivity index (χ1n) is 6.17. The standard InChI is InChI=1S/C11H19ClN2O4S2/c1-2-8(13-5-6-15)9(7-16)14-20(17,18)11-4-3-10(12)19-11/h3-4,8-9,13-16H,2,5-7H2,1H3/t8?,9-/m0/s1. The SMILES string of the molecule is CCC(NCCO)[C@H](CO)NS(=O)(=O)c1ccc(Cl)s1. The van der Waals surface area contributed by atoms with Crippen LogP contribution in [0.15, 0.2) is 16.3 Å². The Kier molecular flexibility index (Phi) is 7.38. The Bertz CT molecular complexity index is 506. The van der Waals surface area contributed by atoms with Gasteiger partial charge in [-0.1, -0.05) is 18.5 Å². The monoisotopic (exact) mass is 342 g/mol. The summed E-state index contributed by atoms with van der Waals surface area (Å²) in [7, 11) is -3.71. The van der Waals surface area contributed by atoms with Crippen LogP contribution in [-0.2, 0) is 10.0 Å². The highest BCUT2D eigenvalue weighted by Crippen LogP contribution is 2.25. The summed E-state index contributed by atoms with van der Waals surface area (Å²) in [6, 6.07) is 2.00. The van der Waals surface area contributed by atoms with Crippen molar-refractivity contribution in [2.75, 3.05) is 19.8 Å². The van der Waals surface area contributed by atoms with Crippen molar-refractivity contribution < 1.29 is 18.6 Å². The van der Waals surface area contributed by atoms with Crippen molar-refractivity contribution in [3.8, 4) is 0 Å². The van der Waals surface area contributed by atoms with Crippen LogP contribution in [0.1, 0.15) is 13.3 Å². The number of halogens is 1. The second kappa shape index (κ2) is 8.28. The zero-order chi connectivity index (χ0) is 15.2. The highest BCUT2D eigenvalue weighted by Gasteiger charge is 2.26. The molecule has 0 aliphatic rings. The Morgan fingerprint density at radius 3 is 2.50 bits per heavy atom. The van der Waals surface area contributed by atoms with Crippen LogP contribution in [0.4, 0.5) is 0 Å². The predicted molar refractivity (Wildman–Crippen MR) is 79.7 cm³/mol. The number of aliphatic hydroxyl groups is 2. The molecule has 6 nitrogen and oxygen atoms in total. The minimum Gasteiger partial charge on any atom is -0.395 e. The first-order chi connectivity index (χ1) is 9.44. The van der Waals surface area contributed by atoms with Gasteiger partial charge in [-0.25, -0.2) is 13.1 Å². The number of hydrogen-bond donors (Lipinski definition) is 4. The van der Waals surface area contributed by atoms with Crippen LogP contribution in [0.5, 0.6) is 0 Å². The van der Waals surface area contributed by atoms with E-state index in [2.05, 4.69) is 10.0 Å². The summed E-state index contributed by atoms with van der Waals surface area (Å²) < 4.78 is 27.3. The molecule has 0 amide bonds. The molecule has 2 atom stereocenters. The highest BCUT2D eigenvalue weighted by molar-refractivity contribution is 7.91. The average Bonchev–Trinajstić information content (AvgIpc) is 2.85. The van der Waals surface area contributed by atoms with Gasteiger partial charge in [0, 0.05) is 12.6 Å². The van der Waals surface area contributed by atoms with Gasteiger partial charge in [-0.05, 0) is 18.6 Å². The molecule has 116 valence electrons. The van der Waals surface area contributed by atoms with E-state index >= 15 is 0 Å². The minimum absolute atomic E-state index is 0.0536. The Balaban J connectivity index is 2.80. The fourth-order valence-corrected chi connectivity index (χ4v) is 4.53. The third-order valence-corrected chi connectivity index (χ3v) is 5.97. The van der Waals surface area contributed by atoms with Gasteiger partial charge in [-0.3, -0.25) is 0 Å². The molecule has 1 rings (SSSR count). The smallest absolute Gasteiger partial charge is 0.250 e. The van der Waals surface area contributed by atoms with Crippen molar-refractivity contribution >= 4 is 33.0 Å². The molecule has 0 fully saturated rings. The first kappa shape index (κ1) is 17.8. The summed E-state index contributed by atoms with van der Waals surface area (Å²) in [6.45, 7) is 1.81.